The molecule has 11 heavy (non-hydrogen) atoms. The van der Waals surface area contributed by atoms with Crippen molar-refractivity contribution >= 4 is 24.7 Å². The first-order valence-electron chi connectivity index (χ1n) is 4.20. The summed E-state index contributed by atoms with van der Waals surface area (Å²) >= 11 is 1.22. The van der Waals surface area contributed by atoms with Crippen molar-refractivity contribution in [3.63, 3.8) is 0 Å². The average molecular weight is 188 g/mol. The molecule has 0 radical (unpaired) electrons. The lowest BCUT2D eigenvalue weighted by atomic mass is 10.6. The summed E-state index contributed by atoms with van der Waals surface area (Å²) in [5.41, 5.74) is 0. The molecule has 0 heterocycles. The summed E-state index contributed by atoms with van der Waals surface area (Å²) in [7, 11) is 3.32. The van der Waals surface area contributed by atoms with Crippen LogP contribution in [0.1, 0.15) is 0 Å². The zero-order valence-corrected chi connectivity index (χ0v) is 11.8. The van der Waals surface area contributed by atoms with E-state index in [1.807, 2.05) is 0 Å². The van der Waals surface area contributed by atoms with Crippen molar-refractivity contribution in [2.75, 3.05) is 27.2 Å². The van der Waals surface area contributed by atoms with Crippen LogP contribution in [0.2, 0.25) is 19.6 Å². The second-order valence-corrected chi connectivity index (χ2v) is 11.5. The predicted octanol–water partition coefficient (Wildman–Crippen LogP) is 0.233. The summed E-state index contributed by atoms with van der Waals surface area (Å²) in [6.45, 7) is 9.70. The molecule has 0 fully saturated rings. The molecule has 66 valence electrons. The van der Waals surface area contributed by atoms with Gasteiger partial charge in [-0.15, -0.1) is 0 Å². The molecule has 0 saturated heterocycles. The zero-order chi connectivity index (χ0) is 9.07. The third-order valence-electron chi connectivity index (χ3n) is 2.03. The van der Waals surface area contributed by atoms with Crippen molar-refractivity contribution in [3.05, 3.63) is 0 Å². The highest BCUT2D eigenvalue weighted by atomic mass is 28.3. The standard InChI is InChI=1S/C7H19N2Si.Al.2H/c1-9(2)7-6-8-10(3,4)5;;;/h6-7H2,1-5H3;;;/q-1;+1;;. The Kier molecular flexibility index (Phi) is 4.92. The number of likely N-dealkylation sites (N-methyl/N-ethyl adjacent to an activating group) is 1. The maximum absolute atomic E-state index is 2.65. The van der Waals surface area contributed by atoms with Crippen LogP contribution in [0.3, 0.4) is 0 Å². The monoisotopic (exact) mass is 188 g/mol. The van der Waals surface area contributed by atoms with Gasteiger partial charge in [-0.2, -0.15) is 0 Å². The fourth-order valence-corrected chi connectivity index (χ4v) is 1.66. The molecule has 0 aliphatic carbocycles. The van der Waals surface area contributed by atoms with Crippen LogP contribution in [0.5, 0.6) is 0 Å². The molecular weight excluding hydrogens is 167 g/mol. The molecule has 0 spiro atoms. The Labute approximate surface area is 80.3 Å². The van der Waals surface area contributed by atoms with Gasteiger partial charge in [0.15, 0.2) is 0 Å². The van der Waals surface area contributed by atoms with Gasteiger partial charge < -0.3 is 8.45 Å². The summed E-state index contributed by atoms with van der Waals surface area (Å²) in [6.07, 6.45) is 0. The van der Waals surface area contributed by atoms with E-state index in [0.29, 0.717) is 0 Å². The summed E-state index contributed by atoms with van der Waals surface area (Å²) in [6, 6.07) is 0. The minimum atomic E-state index is -0.959. The molecule has 0 aromatic carbocycles. The van der Waals surface area contributed by atoms with Gasteiger partial charge in [0.1, 0.15) is 0 Å². The normalized spacial score (nSPS) is 13.0. The number of rotatable bonds is 4. The maximum Gasteiger partial charge on any atom is 0.314 e. The topological polar surface area (TPSA) is 6.48 Å². The van der Waals surface area contributed by atoms with Gasteiger partial charge in [-0.1, -0.05) is 19.6 Å². The minimum Gasteiger partial charge on any atom is -0.413 e. The highest BCUT2D eigenvalue weighted by Gasteiger charge is 2.17. The van der Waals surface area contributed by atoms with E-state index in [0.717, 1.165) is 0 Å². The quantitative estimate of drug-likeness (QED) is 0.583. The molecule has 0 aliphatic rings. The van der Waals surface area contributed by atoms with Gasteiger partial charge >= 0.3 is 16.5 Å². The van der Waals surface area contributed by atoms with Crippen LogP contribution in [0.25, 0.3) is 0 Å². The lowest BCUT2D eigenvalue weighted by molar-refractivity contribution is 0.387. The molecule has 0 N–H and O–H groups in total. The fraction of sp³-hybridized carbons (Fsp3) is 1.00. The Hall–Kier alpha value is 0.669. The first kappa shape index (κ1) is 11.7. The average Bonchev–Trinajstić information content (AvgIpc) is 1.80. The molecule has 0 aliphatic heterocycles. The van der Waals surface area contributed by atoms with Gasteiger partial charge in [-0.3, -0.25) is 0 Å². The Morgan fingerprint density at radius 3 is 1.82 bits per heavy atom. The zero-order valence-electron chi connectivity index (χ0n) is 8.81. The summed E-state index contributed by atoms with van der Waals surface area (Å²) in [4.78, 5) is 2.26. The van der Waals surface area contributed by atoms with Crippen LogP contribution >= 0.6 is 0 Å². The second kappa shape index (κ2) is 4.64. The highest BCUT2D eigenvalue weighted by Crippen LogP contribution is 2.04. The van der Waals surface area contributed by atoms with Crippen molar-refractivity contribution in [1.82, 2.24) is 8.45 Å². The van der Waals surface area contributed by atoms with E-state index in [4.69, 9.17) is 0 Å². The van der Waals surface area contributed by atoms with Gasteiger partial charge in [0.05, 0.1) is 8.24 Å². The van der Waals surface area contributed by atoms with Crippen LogP contribution in [0.4, 0.5) is 0 Å². The fourth-order valence-electron chi connectivity index (χ4n) is 0.685. The molecule has 0 aromatic heterocycles. The Morgan fingerprint density at radius 1 is 1.09 bits per heavy atom. The van der Waals surface area contributed by atoms with Gasteiger partial charge in [-0.05, 0) is 20.6 Å². The lowest BCUT2D eigenvalue weighted by Gasteiger charge is -2.32. The van der Waals surface area contributed by atoms with Crippen LogP contribution < -0.4 is 0 Å². The molecule has 4 heteroatoms. The number of hydrogen-bond donors (Lipinski definition) is 0. The highest BCUT2D eigenvalue weighted by molar-refractivity contribution is 6.77. The van der Waals surface area contributed by atoms with Gasteiger partial charge in [0, 0.05) is 6.54 Å². The lowest BCUT2D eigenvalue weighted by Crippen LogP contribution is -2.46. The molecule has 0 unspecified atom stereocenters. The molecule has 0 rings (SSSR count). The number of nitrogens with zero attached hydrogens (tertiary/aromatic N) is 2. The molecule has 0 aromatic rings. The van der Waals surface area contributed by atoms with Gasteiger partial charge in [-0.25, -0.2) is 0 Å². The van der Waals surface area contributed by atoms with E-state index in [2.05, 4.69) is 42.2 Å². The predicted molar refractivity (Wildman–Crippen MR) is 57.2 cm³/mol. The van der Waals surface area contributed by atoms with Crippen LogP contribution in [0, 0.1) is 0 Å². The number of hydrogen-bond acceptors (Lipinski definition) is 2. The van der Waals surface area contributed by atoms with Crippen LogP contribution in [0.15, 0.2) is 0 Å². The van der Waals surface area contributed by atoms with E-state index in [1.165, 1.54) is 29.6 Å². The van der Waals surface area contributed by atoms with Crippen LogP contribution in [-0.4, -0.2) is 60.4 Å². The van der Waals surface area contributed by atoms with Crippen molar-refractivity contribution in [2.24, 2.45) is 0 Å². The third-order valence-corrected chi connectivity index (χ3v) is 9.01. The van der Waals surface area contributed by atoms with Crippen molar-refractivity contribution < 1.29 is 0 Å². The van der Waals surface area contributed by atoms with Crippen LogP contribution in [-0.2, 0) is 0 Å². The van der Waals surface area contributed by atoms with Crippen molar-refractivity contribution in [2.45, 2.75) is 19.6 Å². The van der Waals surface area contributed by atoms with Crippen molar-refractivity contribution in [1.29, 1.82) is 0 Å². The van der Waals surface area contributed by atoms with E-state index in [-0.39, 0.29) is 0 Å². The summed E-state index contributed by atoms with van der Waals surface area (Å²) in [5.74, 6) is 0. The van der Waals surface area contributed by atoms with Gasteiger partial charge in [0.2, 0.25) is 0 Å². The Bertz CT molecular complexity index is 111. The molecule has 0 atom stereocenters. The smallest absolute Gasteiger partial charge is 0.314 e. The Morgan fingerprint density at radius 2 is 1.55 bits per heavy atom. The van der Waals surface area contributed by atoms with Crippen molar-refractivity contribution in [3.8, 4) is 0 Å². The van der Waals surface area contributed by atoms with E-state index in [9.17, 15) is 0 Å². The first-order chi connectivity index (χ1) is 4.84. The molecule has 0 amide bonds. The Balaban J connectivity index is 3.61. The van der Waals surface area contributed by atoms with Gasteiger partial charge in [0.25, 0.3) is 0 Å². The largest absolute Gasteiger partial charge is 0.413 e. The van der Waals surface area contributed by atoms with E-state index < -0.39 is 8.24 Å². The molecule has 0 bridgehead atoms. The minimum absolute atomic E-state index is 0.959. The third kappa shape index (κ3) is 5.89. The second-order valence-electron chi connectivity index (χ2n) is 4.40. The summed E-state index contributed by atoms with van der Waals surface area (Å²) < 4.78 is 2.65. The molecule has 0 saturated carbocycles. The maximum atomic E-state index is 2.65. The summed E-state index contributed by atoms with van der Waals surface area (Å²) in [5, 5.41) is 0. The molecule has 2 nitrogen and oxygen atoms in total. The van der Waals surface area contributed by atoms with E-state index >= 15 is 0 Å². The first-order valence-corrected chi connectivity index (χ1v) is 8.54. The van der Waals surface area contributed by atoms with E-state index in [1.54, 1.807) is 0 Å². The SMILES string of the molecule is CN(C)CC[N]([AlH2])[Si](C)(C)C. The molecular formula is C7H21AlN2Si.